The van der Waals surface area contributed by atoms with E-state index < -0.39 is 0 Å². The van der Waals surface area contributed by atoms with E-state index in [2.05, 4.69) is 62.5 Å². The van der Waals surface area contributed by atoms with Gasteiger partial charge in [-0.25, -0.2) is 9.97 Å². The topological polar surface area (TPSA) is 44.3 Å². The number of para-hydroxylation sites is 1. The third-order valence-corrected chi connectivity index (χ3v) is 4.63. The number of hydrogen-bond donors (Lipinski definition) is 1. The van der Waals surface area contributed by atoms with E-state index in [1.165, 1.54) is 5.69 Å². The Labute approximate surface area is 144 Å². The molecule has 0 amide bonds. The van der Waals surface area contributed by atoms with E-state index in [-0.39, 0.29) is 0 Å². The van der Waals surface area contributed by atoms with Crippen molar-refractivity contribution in [3.05, 3.63) is 48.8 Å². The van der Waals surface area contributed by atoms with Crippen LogP contribution in [0.2, 0.25) is 0 Å². The van der Waals surface area contributed by atoms with Gasteiger partial charge in [-0.2, -0.15) is 0 Å². The first-order valence-corrected chi connectivity index (χ1v) is 8.84. The van der Waals surface area contributed by atoms with Crippen LogP contribution in [0.5, 0.6) is 0 Å². The van der Waals surface area contributed by atoms with E-state index in [9.17, 15) is 0 Å². The van der Waals surface area contributed by atoms with Crippen LogP contribution in [0.3, 0.4) is 0 Å². The lowest BCUT2D eigenvalue weighted by molar-refractivity contribution is 0.410. The summed E-state index contributed by atoms with van der Waals surface area (Å²) >= 11 is 0. The van der Waals surface area contributed by atoms with Gasteiger partial charge in [-0.3, -0.25) is 0 Å². The lowest BCUT2D eigenvalue weighted by Gasteiger charge is -2.32. The molecule has 0 radical (unpaired) electrons. The van der Waals surface area contributed by atoms with E-state index in [1.807, 2.05) is 18.5 Å². The number of nitrogens with one attached hydrogen (secondary N) is 1. The van der Waals surface area contributed by atoms with Crippen LogP contribution in [-0.4, -0.2) is 49.2 Å². The van der Waals surface area contributed by atoms with Crippen LogP contribution < -0.4 is 15.1 Å². The normalized spacial score (nSPS) is 15.5. The highest BCUT2D eigenvalue weighted by Crippen LogP contribution is 2.15. The Morgan fingerprint density at radius 2 is 1.79 bits per heavy atom. The summed E-state index contributed by atoms with van der Waals surface area (Å²) in [5, 5.41) is 3.71. The maximum atomic E-state index is 4.34. The fraction of sp³-hybridized carbons (Fsp3) is 0.474. The second-order valence-electron chi connectivity index (χ2n) is 6.37. The fourth-order valence-electron chi connectivity index (χ4n) is 3.17. The van der Waals surface area contributed by atoms with Gasteiger partial charge in [-0.1, -0.05) is 18.2 Å². The average molecular weight is 325 g/mol. The molecule has 0 spiro atoms. The Bertz CT molecular complexity index is 581. The van der Waals surface area contributed by atoms with Crippen molar-refractivity contribution in [1.82, 2.24) is 15.3 Å². The van der Waals surface area contributed by atoms with E-state index >= 15 is 0 Å². The highest BCUT2D eigenvalue weighted by atomic mass is 15.3. The van der Waals surface area contributed by atoms with E-state index in [0.29, 0.717) is 6.04 Å². The first-order valence-electron chi connectivity index (χ1n) is 8.84. The Morgan fingerprint density at radius 3 is 2.50 bits per heavy atom. The van der Waals surface area contributed by atoms with Crippen molar-refractivity contribution in [2.45, 2.75) is 25.3 Å². The molecule has 2 heterocycles. The number of piperidine rings is 1. The maximum Gasteiger partial charge on any atom is 0.225 e. The second kappa shape index (κ2) is 8.64. The first-order chi connectivity index (χ1) is 11.8. The molecule has 1 aromatic heterocycles. The van der Waals surface area contributed by atoms with Crippen molar-refractivity contribution in [2.75, 3.05) is 43.0 Å². The summed E-state index contributed by atoms with van der Waals surface area (Å²) in [4.78, 5) is 13.3. The lowest BCUT2D eigenvalue weighted by Crippen LogP contribution is -2.43. The van der Waals surface area contributed by atoms with Crippen molar-refractivity contribution in [2.24, 2.45) is 0 Å². The Hall–Kier alpha value is -2.14. The zero-order chi connectivity index (χ0) is 16.6. The summed E-state index contributed by atoms with van der Waals surface area (Å²) in [6.07, 6.45) is 7.11. The van der Waals surface area contributed by atoms with Crippen LogP contribution >= 0.6 is 0 Å². The van der Waals surface area contributed by atoms with Crippen LogP contribution in [-0.2, 0) is 0 Å². The first kappa shape index (κ1) is 16.7. The maximum absolute atomic E-state index is 4.34. The van der Waals surface area contributed by atoms with Gasteiger partial charge < -0.3 is 15.1 Å². The van der Waals surface area contributed by atoms with Gasteiger partial charge in [0.25, 0.3) is 0 Å². The molecule has 1 fully saturated rings. The molecule has 5 nitrogen and oxygen atoms in total. The quantitative estimate of drug-likeness (QED) is 0.793. The largest absolute Gasteiger partial charge is 0.375 e. The summed E-state index contributed by atoms with van der Waals surface area (Å²) in [7, 11) is 2.16. The predicted molar refractivity (Wildman–Crippen MR) is 99.6 cm³/mol. The summed E-state index contributed by atoms with van der Waals surface area (Å²) in [5.74, 6) is 0.862. The zero-order valence-electron chi connectivity index (χ0n) is 14.4. The molecule has 1 aromatic carbocycles. The number of rotatable bonds is 7. The van der Waals surface area contributed by atoms with Crippen molar-refractivity contribution in [1.29, 1.82) is 0 Å². The highest BCUT2D eigenvalue weighted by molar-refractivity contribution is 5.44. The van der Waals surface area contributed by atoms with Gasteiger partial charge >= 0.3 is 0 Å². The van der Waals surface area contributed by atoms with Gasteiger partial charge in [-0.05, 0) is 44.0 Å². The van der Waals surface area contributed by atoms with Crippen LogP contribution in [0.25, 0.3) is 0 Å². The highest BCUT2D eigenvalue weighted by Gasteiger charge is 2.20. The molecule has 0 unspecified atom stereocenters. The van der Waals surface area contributed by atoms with Crippen molar-refractivity contribution >= 4 is 11.6 Å². The molecular formula is C19H27N5. The van der Waals surface area contributed by atoms with Gasteiger partial charge in [0.1, 0.15) is 0 Å². The van der Waals surface area contributed by atoms with Crippen molar-refractivity contribution < 1.29 is 0 Å². The molecule has 128 valence electrons. The van der Waals surface area contributed by atoms with Crippen LogP contribution in [0.1, 0.15) is 19.3 Å². The van der Waals surface area contributed by atoms with Crippen molar-refractivity contribution in [3.8, 4) is 0 Å². The number of hydrogen-bond acceptors (Lipinski definition) is 5. The Kier molecular flexibility index (Phi) is 6.01. The molecule has 1 saturated heterocycles. The minimum absolute atomic E-state index is 0.618. The molecule has 3 rings (SSSR count). The van der Waals surface area contributed by atoms with Gasteiger partial charge in [0, 0.05) is 50.8 Å². The third-order valence-electron chi connectivity index (χ3n) is 4.63. The molecule has 0 aliphatic carbocycles. The number of anilines is 2. The van der Waals surface area contributed by atoms with Gasteiger partial charge in [0.2, 0.25) is 5.95 Å². The predicted octanol–water partition coefficient (Wildman–Crippen LogP) is 2.56. The smallest absolute Gasteiger partial charge is 0.225 e. The molecule has 0 bridgehead atoms. The SMILES string of the molecule is CN(CCCNC1CCN(c2ncccn2)CC1)c1ccccc1. The van der Waals surface area contributed by atoms with E-state index in [0.717, 1.165) is 51.4 Å². The summed E-state index contributed by atoms with van der Waals surface area (Å²) in [6.45, 7) is 4.22. The molecular weight excluding hydrogens is 298 g/mol. The molecule has 0 saturated carbocycles. The summed E-state index contributed by atoms with van der Waals surface area (Å²) in [5.41, 5.74) is 1.29. The van der Waals surface area contributed by atoms with Crippen LogP contribution in [0.15, 0.2) is 48.8 Å². The summed E-state index contributed by atoms with van der Waals surface area (Å²) < 4.78 is 0. The number of nitrogens with zero attached hydrogens (tertiary/aromatic N) is 4. The Morgan fingerprint density at radius 1 is 1.08 bits per heavy atom. The van der Waals surface area contributed by atoms with Gasteiger partial charge in [0.15, 0.2) is 0 Å². The molecule has 1 N–H and O–H groups in total. The molecule has 0 atom stereocenters. The zero-order valence-corrected chi connectivity index (χ0v) is 14.4. The van der Waals surface area contributed by atoms with Gasteiger partial charge in [-0.15, -0.1) is 0 Å². The van der Waals surface area contributed by atoms with Gasteiger partial charge in [0.05, 0.1) is 0 Å². The third kappa shape index (κ3) is 4.68. The minimum Gasteiger partial charge on any atom is -0.375 e. The number of benzene rings is 1. The average Bonchev–Trinajstić information content (AvgIpc) is 2.67. The molecule has 2 aromatic rings. The standard InChI is InChI=1S/C19H27N5/c1-23(18-7-3-2-4-8-18)14-6-13-20-17-9-15-24(16-10-17)19-21-11-5-12-22-19/h2-5,7-8,11-12,17,20H,6,9-10,13-16H2,1H3. The molecule has 24 heavy (non-hydrogen) atoms. The minimum atomic E-state index is 0.618. The van der Waals surface area contributed by atoms with Crippen LogP contribution in [0.4, 0.5) is 11.6 Å². The molecule has 5 heteroatoms. The molecule has 1 aliphatic rings. The van der Waals surface area contributed by atoms with Crippen LogP contribution in [0, 0.1) is 0 Å². The van der Waals surface area contributed by atoms with Crippen molar-refractivity contribution in [3.63, 3.8) is 0 Å². The lowest BCUT2D eigenvalue weighted by atomic mass is 10.1. The van der Waals surface area contributed by atoms with E-state index in [4.69, 9.17) is 0 Å². The number of aromatic nitrogens is 2. The Balaban J connectivity index is 1.32. The fourth-order valence-corrected chi connectivity index (χ4v) is 3.17. The molecule has 1 aliphatic heterocycles. The second-order valence-corrected chi connectivity index (χ2v) is 6.37. The van der Waals surface area contributed by atoms with E-state index in [1.54, 1.807) is 0 Å². The monoisotopic (exact) mass is 325 g/mol. The summed E-state index contributed by atoms with van der Waals surface area (Å²) in [6, 6.07) is 13.1.